The molecule has 1 fully saturated rings. The van der Waals surface area contributed by atoms with Gasteiger partial charge in [0, 0.05) is 0 Å². The Kier molecular flexibility index (Phi) is 3.46. The Hall–Kier alpha value is -0.380. The lowest BCUT2D eigenvalue weighted by molar-refractivity contribution is 0.176. The molecule has 0 unspecified atom stereocenters. The summed E-state index contributed by atoms with van der Waals surface area (Å²) in [4.78, 5) is 10.3. The average Bonchev–Trinajstić information content (AvgIpc) is 2.14. The Morgan fingerprint density at radius 1 is 1.89 bits per heavy atom. The van der Waals surface area contributed by atoms with Gasteiger partial charge >= 0.3 is 6.09 Å². The van der Waals surface area contributed by atoms with E-state index in [9.17, 15) is 4.79 Å². The smallest absolute Gasteiger partial charge is 0.407 e. The number of nitrogens with one attached hydrogen (secondary N) is 1. The molecule has 3 nitrogen and oxygen atoms in total. The summed E-state index contributed by atoms with van der Waals surface area (Å²) in [5.41, 5.74) is 0. The number of amides is 1. The minimum atomic E-state index is -0.281. The predicted molar refractivity (Wildman–Crippen MR) is 38.9 cm³/mol. The first kappa shape index (κ1) is 8.62. The van der Waals surface area contributed by atoms with E-state index >= 15 is 0 Å². The third-order valence-electron chi connectivity index (χ3n) is 1.23. The van der Waals surface area contributed by atoms with E-state index in [0.717, 1.165) is 6.42 Å². The van der Waals surface area contributed by atoms with Crippen LogP contribution < -0.4 is 5.32 Å². The van der Waals surface area contributed by atoms with Gasteiger partial charge < -0.3 is 10.1 Å². The van der Waals surface area contributed by atoms with Gasteiger partial charge in [-0.3, -0.25) is 0 Å². The zero-order chi connectivity index (χ0) is 5.98. The normalized spacial score (nSPS) is 24.1. The molecular formula is C5H11NO2S. The molecule has 54 valence electrons. The maximum atomic E-state index is 10.3. The predicted octanol–water partition coefficient (Wildman–Crippen LogP) is 0.618. The number of cyclic esters (lactones) is 1. The fourth-order valence-corrected chi connectivity index (χ4v) is 0.646. The van der Waals surface area contributed by atoms with Crippen LogP contribution in [0.5, 0.6) is 0 Å². The zero-order valence-corrected chi connectivity index (χ0v) is 6.31. The topological polar surface area (TPSA) is 38.3 Å². The molecule has 0 spiro atoms. The molecule has 1 rings (SSSR count). The van der Waals surface area contributed by atoms with Crippen LogP contribution in [0.4, 0.5) is 4.79 Å². The Bertz CT molecular complexity index is 107. The van der Waals surface area contributed by atoms with Crippen LogP contribution in [-0.2, 0) is 4.74 Å². The molecule has 0 aliphatic carbocycles. The Morgan fingerprint density at radius 2 is 2.56 bits per heavy atom. The molecule has 4 heteroatoms. The highest BCUT2D eigenvalue weighted by Gasteiger charge is 2.19. The molecule has 0 aromatic heterocycles. The van der Waals surface area contributed by atoms with E-state index in [1.165, 1.54) is 0 Å². The SMILES string of the molecule is CC[C@H]1COC(=O)N1.S. The second kappa shape index (κ2) is 3.61. The Balaban J connectivity index is 0.000000640. The summed E-state index contributed by atoms with van der Waals surface area (Å²) in [7, 11) is 0. The molecule has 0 aromatic carbocycles. The van der Waals surface area contributed by atoms with E-state index < -0.39 is 0 Å². The van der Waals surface area contributed by atoms with Crippen LogP contribution in [0.1, 0.15) is 13.3 Å². The molecule has 0 bridgehead atoms. The van der Waals surface area contributed by atoms with Gasteiger partial charge in [0.25, 0.3) is 0 Å². The average molecular weight is 149 g/mol. The maximum absolute atomic E-state index is 10.3. The van der Waals surface area contributed by atoms with Gasteiger partial charge in [-0.1, -0.05) is 6.92 Å². The number of hydrogen-bond acceptors (Lipinski definition) is 2. The fraction of sp³-hybridized carbons (Fsp3) is 0.800. The summed E-state index contributed by atoms with van der Waals surface area (Å²) >= 11 is 0. The Labute approximate surface area is 61.2 Å². The van der Waals surface area contributed by atoms with Gasteiger partial charge in [0.15, 0.2) is 0 Å². The molecule has 1 N–H and O–H groups in total. The number of carbonyl (C=O) groups is 1. The number of hydrogen-bond donors (Lipinski definition) is 1. The summed E-state index contributed by atoms with van der Waals surface area (Å²) in [5, 5.41) is 2.64. The van der Waals surface area contributed by atoms with Gasteiger partial charge in [-0.05, 0) is 6.42 Å². The van der Waals surface area contributed by atoms with Crippen molar-refractivity contribution in [3.63, 3.8) is 0 Å². The standard InChI is InChI=1S/C5H9NO2.H2S/c1-2-4-3-8-5(7)6-4;/h4H,2-3H2,1H3,(H,6,7);1H2/t4-;/m0./s1. The second-order valence-corrected chi connectivity index (χ2v) is 1.85. The van der Waals surface area contributed by atoms with E-state index in [0.29, 0.717) is 6.61 Å². The number of carbonyl (C=O) groups excluding carboxylic acids is 1. The molecule has 0 aromatic rings. The van der Waals surface area contributed by atoms with E-state index in [-0.39, 0.29) is 25.6 Å². The van der Waals surface area contributed by atoms with Gasteiger partial charge in [-0.25, -0.2) is 4.79 Å². The zero-order valence-electron chi connectivity index (χ0n) is 5.31. The van der Waals surface area contributed by atoms with Crippen molar-refractivity contribution in [1.29, 1.82) is 0 Å². The largest absolute Gasteiger partial charge is 0.447 e. The van der Waals surface area contributed by atoms with E-state index in [1.807, 2.05) is 6.92 Å². The third-order valence-corrected chi connectivity index (χ3v) is 1.23. The first-order chi connectivity index (χ1) is 3.83. The van der Waals surface area contributed by atoms with Gasteiger partial charge in [0.05, 0.1) is 6.04 Å². The van der Waals surface area contributed by atoms with Gasteiger partial charge in [-0.15, -0.1) is 0 Å². The lowest BCUT2D eigenvalue weighted by Crippen LogP contribution is -2.24. The third kappa shape index (κ3) is 2.13. The molecule has 1 atom stereocenters. The van der Waals surface area contributed by atoms with Crippen LogP contribution in [-0.4, -0.2) is 18.7 Å². The van der Waals surface area contributed by atoms with Gasteiger partial charge in [0.2, 0.25) is 0 Å². The number of alkyl carbamates (subject to hydrolysis) is 1. The van der Waals surface area contributed by atoms with Crippen LogP contribution in [0.3, 0.4) is 0 Å². The van der Waals surface area contributed by atoms with Gasteiger partial charge in [-0.2, -0.15) is 13.5 Å². The van der Waals surface area contributed by atoms with Crippen molar-refractivity contribution in [2.45, 2.75) is 19.4 Å². The first-order valence-corrected chi connectivity index (χ1v) is 2.76. The van der Waals surface area contributed by atoms with Gasteiger partial charge in [0.1, 0.15) is 6.61 Å². The van der Waals surface area contributed by atoms with Crippen molar-refractivity contribution in [2.24, 2.45) is 0 Å². The van der Waals surface area contributed by atoms with Crippen LogP contribution >= 0.6 is 13.5 Å². The van der Waals surface area contributed by atoms with Crippen molar-refractivity contribution in [3.05, 3.63) is 0 Å². The lowest BCUT2D eigenvalue weighted by Gasteiger charge is -1.97. The van der Waals surface area contributed by atoms with E-state index in [1.54, 1.807) is 0 Å². The quantitative estimate of drug-likeness (QED) is 0.593. The first-order valence-electron chi connectivity index (χ1n) is 2.76. The maximum Gasteiger partial charge on any atom is 0.407 e. The highest BCUT2D eigenvalue weighted by atomic mass is 32.1. The number of ether oxygens (including phenoxy) is 1. The molecule has 1 heterocycles. The van der Waals surface area contributed by atoms with Crippen molar-refractivity contribution >= 4 is 19.6 Å². The van der Waals surface area contributed by atoms with Crippen LogP contribution in [0.15, 0.2) is 0 Å². The van der Waals surface area contributed by atoms with E-state index in [4.69, 9.17) is 0 Å². The van der Waals surface area contributed by atoms with E-state index in [2.05, 4.69) is 10.1 Å². The molecule has 9 heavy (non-hydrogen) atoms. The number of rotatable bonds is 1. The van der Waals surface area contributed by atoms with Crippen LogP contribution in [0.2, 0.25) is 0 Å². The summed E-state index contributed by atoms with van der Waals surface area (Å²) in [6, 6.07) is 0.252. The summed E-state index contributed by atoms with van der Waals surface area (Å²) < 4.78 is 4.61. The van der Waals surface area contributed by atoms with Crippen molar-refractivity contribution in [1.82, 2.24) is 5.32 Å². The highest BCUT2D eigenvalue weighted by Crippen LogP contribution is 1.99. The minimum absolute atomic E-state index is 0. The Morgan fingerprint density at radius 3 is 2.78 bits per heavy atom. The lowest BCUT2D eigenvalue weighted by atomic mass is 10.3. The molecule has 1 aliphatic rings. The second-order valence-electron chi connectivity index (χ2n) is 1.85. The summed E-state index contributed by atoms with van der Waals surface area (Å²) in [5.74, 6) is 0. The van der Waals surface area contributed by atoms with Crippen LogP contribution in [0, 0.1) is 0 Å². The van der Waals surface area contributed by atoms with Crippen LogP contribution in [0.25, 0.3) is 0 Å². The molecular weight excluding hydrogens is 138 g/mol. The molecule has 1 aliphatic heterocycles. The van der Waals surface area contributed by atoms with Crippen molar-refractivity contribution in [3.8, 4) is 0 Å². The minimum Gasteiger partial charge on any atom is -0.447 e. The molecule has 1 saturated heterocycles. The fourth-order valence-electron chi connectivity index (χ4n) is 0.646. The van der Waals surface area contributed by atoms with Crippen molar-refractivity contribution < 1.29 is 9.53 Å². The molecule has 0 saturated carbocycles. The monoisotopic (exact) mass is 149 g/mol. The summed E-state index contributed by atoms with van der Waals surface area (Å²) in [6.45, 7) is 2.55. The molecule has 1 amide bonds. The summed E-state index contributed by atoms with van der Waals surface area (Å²) in [6.07, 6.45) is 0.669. The van der Waals surface area contributed by atoms with Crippen molar-refractivity contribution in [2.75, 3.05) is 6.61 Å². The highest BCUT2D eigenvalue weighted by molar-refractivity contribution is 7.59. The molecule has 0 radical (unpaired) electrons.